The Morgan fingerprint density at radius 3 is 2.29 bits per heavy atom. The monoisotopic (exact) mass is 486 g/mol. The van der Waals surface area contributed by atoms with E-state index in [1.54, 1.807) is 30.5 Å². The van der Waals surface area contributed by atoms with E-state index in [1.807, 2.05) is 19.1 Å². The van der Waals surface area contributed by atoms with Crippen LogP contribution in [-0.4, -0.2) is 62.0 Å². The minimum Gasteiger partial charge on any atom is -0.372 e. The number of rotatable bonds is 6. The summed E-state index contributed by atoms with van der Waals surface area (Å²) in [5, 5.41) is 2.99. The fraction of sp³-hybridized carbons (Fsp3) is 0.520. The number of carbonyl (C=O) groups is 1. The molecule has 34 heavy (non-hydrogen) atoms. The summed E-state index contributed by atoms with van der Waals surface area (Å²) < 4.78 is 33.0. The third kappa shape index (κ3) is 5.76. The maximum absolute atomic E-state index is 12.9. The smallest absolute Gasteiger partial charge is 0.243 e. The number of hydrogen-bond donors (Lipinski definition) is 1. The van der Waals surface area contributed by atoms with Crippen LogP contribution in [0.25, 0.3) is 0 Å². The van der Waals surface area contributed by atoms with Gasteiger partial charge in [-0.05, 0) is 57.4 Å². The van der Waals surface area contributed by atoms with E-state index >= 15 is 0 Å². The number of nitrogens with zero attached hydrogens (tertiary/aromatic N) is 3. The summed E-state index contributed by atoms with van der Waals surface area (Å²) in [6.45, 7) is 8.78. The van der Waals surface area contributed by atoms with Crippen LogP contribution < -0.4 is 10.2 Å². The highest BCUT2D eigenvalue weighted by molar-refractivity contribution is 7.89. The summed E-state index contributed by atoms with van der Waals surface area (Å²) in [6, 6.07) is 10.9. The lowest BCUT2D eigenvalue weighted by atomic mass is 9.97. The van der Waals surface area contributed by atoms with Gasteiger partial charge in [-0.25, -0.2) is 13.4 Å². The second-order valence-electron chi connectivity index (χ2n) is 9.40. The zero-order chi connectivity index (χ0) is 24.3. The lowest BCUT2D eigenvalue weighted by molar-refractivity contribution is -0.126. The van der Waals surface area contributed by atoms with Crippen LogP contribution in [0.1, 0.15) is 37.8 Å². The number of carbonyl (C=O) groups excluding carboxylic acids is 1. The van der Waals surface area contributed by atoms with Gasteiger partial charge in [-0.2, -0.15) is 4.31 Å². The largest absolute Gasteiger partial charge is 0.372 e. The number of aryl methyl sites for hydroxylation is 1. The Balaban J connectivity index is 1.26. The molecule has 2 fully saturated rings. The average Bonchev–Trinajstić information content (AvgIpc) is 2.82. The van der Waals surface area contributed by atoms with Crippen LogP contribution in [0.15, 0.2) is 47.5 Å². The molecule has 0 aliphatic carbocycles. The van der Waals surface area contributed by atoms with Crippen LogP contribution in [0.4, 0.5) is 5.82 Å². The Labute approximate surface area is 202 Å². The van der Waals surface area contributed by atoms with Crippen molar-refractivity contribution in [2.45, 2.75) is 57.3 Å². The molecule has 3 heterocycles. The van der Waals surface area contributed by atoms with Gasteiger partial charge in [0.25, 0.3) is 0 Å². The van der Waals surface area contributed by atoms with Crippen molar-refractivity contribution in [2.24, 2.45) is 5.92 Å². The molecule has 2 atom stereocenters. The summed E-state index contributed by atoms with van der Waals surface area (Å²) in [5.41, 5.74) is 1.95. The van der Waals surface area contributed by atoms with Gasteiger partial charge in [0, 0.05) is 44.8 Å². The van der Waals surface area contributed by atoms with Crippen molar-refractivity contribution in [3.63, 3.8) is 0 Å². The first-order valence-electron chi connectivity index (χ1n) is 11.9. The predicted molar refractivity (Wildman–Crippen MR) is 131 cm³/mol. The van der Waals surface area contributed by atoms with Gasteiger partial charge < -0.3 is 15.0 Å². The van der Waals surface area contributed by atoms with Gasteiger partial charge in [-0.1, -0.05) is 23.8 Å². The fourth-order valence-corrected chi connectivity index (χ4v) is 6.09. The number of morpholine rings is 1. The van der Waals surface area contributed by atoms with Crippen LogP contribution in [0.3, 0.4) is 0 Å². The maximum Gasteiger partial charge on any atom is 0.243 e. The molecule has 8 nitrogen and oxygen atoms in total. The molecule has 2 saturated heterocycles. The number of pyridine rings is 1. The van der Waals surface area contributed by atoms with E-state index < -0.39 is 10.0 Å². The number of anilines is 1. The Morgan fingerprint density at radius 2 is 1.71 bits per heavy atom. The molecule has 2 aromatic rings. The third-order valence-corrected chi connectivity index (χ3v) is 8.42. The summed E-state index contributed by atoms with van der Waals surface area (Å²) in [6.07, 6.45) is 3.17. The second-order valence-corrected chi connectivity index (χ2v) is 11.3. The number of hydrogen-bond acceptors (Lipinski definition) is 6. The molecule has 1 aromatic heterocycles. The number of piperidine rings is 1. The lowest BCUT2D eigenvalue weighted by Crippen LogP contribution is -2.45. The molecule has 184 valence electrons. The van der Waals surface area contributed by atoms with Gasteiger partial charge in [-0.15, -0.1) is 0 Å². The first kappa shape index (κ1) is 24.6. The highest BCUT2D eigenvalue weighted by atomic mass is 32.2. The minimum atomic E-state index is -3.52. The zero-order valence-electron chi connectivity index (χ0n) is 20.1. The van der Waals surface area contributed by atoms with E-state index in [2.05, 4.69) is 29.0 Å². The van der Waals surface area contributed by atoms with E-state index in [-0.39, 0.29) is 24.0 Å². The summed E-state index contributed by atoms with van der Waals surface area (Å²) in [7, 11) is -3.52. The standard InChI is InChI=1S/C25H34N4O4S/c1-18-4-7-23(8-5-18)34(31,32)29-12-10-22(11-13-29)25(30)27-15-21-6-9-24(26-14-21)28-16-19(2)33-20(3)17-28/h4-9,14,19-20,22H,10-13,15-17H2,1-3H3,(H,27,30). The summed E-state index contributed by atoms with van der Waals surface area (Å²) in [4.78, 5) is 19.8. The Bertz CT molecular complexity index is 1070. The van der Waals surface area contributed by atoms with Crippen molar-refractivity contribution in [2.75, 3.05) is 31.1 Å². The third-order valence-electron chi connectivity index (χ3n) is 6.50. The topological polar surface area (TPSA) is 91.8 Å². The van der Waals surface area contributed by atoms with Gasteiger partial charge in [0.15, 0.2) is 0 Å². The van der Waals surface area contributed by atoms with Crippen molar-refractivity contribution < 1.29 is 17.9 Å². The van der Waals surface area contributed by atoms with Crippen molar-refractivity contribution in [3.8, 4) is 0 Å². The summed E-state index contributed by atoms with van der Waals surface area (Å²) in [5.74, 6) is 0.694. The first-order chi connectivity index (χ1) is 16.2. The van der Waals surface area contributed by atoms with Gasteiger partial charge >= 0.3 is 0 Å². The van der Waals surface area contributed by atoms with E-state index in [0.717, 1.165) is 30.0 Å². The molecule has 0 radical (unpaired) electrons. The van der Waals surface area contributed by atoms with E-state index in [0.29, 0.717) is 37.4 Å². The van der Waals surface area contributed by atoms with Crippen LogP contribution in [0.2, 0.25) is 0 Å². The van der Waals surface area contributed by atoms with Crippen molar-refractivity contribution in [1.29, 1.82) is 0 Å². The van der Waals surface area contributed by atoms with Gasteiger partial charge in [0.2, 0.25) is 15.9 Å². The molecular formula is C25H34N4O4S. The van der Waals surface area contributed by atoms with Crippen LogP contribution in [0.5, 0.6) is 0 Å². The van der Waals surface area contributed by atoms with Gasteiger partial charge in [0.05, 0.1) is 17.1 Å². The number of nitrogens with one attached hydrogen (secondary N) is 1. The number of ether oxygens (including phenoxy) is 1. The molecule has 1 aromatic carbocycles. The van der Waals surface area contributed by atoms with E-state index in [4.69, 9.17) is 4.74 Å². The number of sulfonamides is 1. The maximum atomic E-state index is 12.9. The van der Waals surface area contributed by atoms with Gasteiger partial charge in [0.1, 0.15) is 5.82 Å². The molecule has 9 heteroatoms. The number of aromatic nitrogens is 1. The predicted octanol–water partition coefficient (Wildman–Crippen LogP) is 2.72. The molecule has 0 bridgehead atoms. The normalized spacial score (nSPS) is 22.5. The quantitative estimate of drug-likeness (QED) is 0.675. The summed E-state index contributed by atoms with van der Waals surface area (Å²) >= 11 is 0. The fourth-order valence-electron chi connectivity index (χ4n) is 4.62. The Hall–Kier alpha value is -2.49. The van der Waals surface area contributed by atoms with Crippen LogP contribution in [0, 0.1) is 12.8 Å². The van der Waals surface area contributed by atoms with Crippen molar-refractivity contribution in [3.05, 3.63) is 53.7 Å². The average molecular weight is 487 g/mol. The number of benzene rings is 1. The SMILES string of the molecule is Cc1ccc(S(=O)(=O)N2CCC(C(=O)NCc3ccc(N4CC(C)OC(C)C4)nc3)CC2)cc1. The van der Waals surface area contributed by atoms with Crippen molar-refractivity contribution in [1.82, 2.24) is 14.6 Å². The lowest BCUT2D eigenvalue weighted by Gasteiger charge is -2.36. The van der Waals surface area contributed by atoms with Crippen LogP contribution in [-0.2, 0) is 26.1 Å². The molecule has 2 unspecified atom stereocenters. The second kappa shape index (κ2) is 10.4. The highest BCUT2D eigenvalue weighted by Gasteiger charge is 2.32. The van der Waals surface area contributed by atoms with Crippen molar-refractivity contribution >= 4 is 21.7 Å². The molecule has 4 rings (SSSR count). The first-order valence-corrected chi connectivity index (χ1v) is 13.4. The minimum absolute atomic E-state index is 0.0349. The Morgan fingerprint density at radius 1 is 1.06 bits per heavy atom. The van der Waals surface area contributed by atoms with E-state index in [9.17, 15) is 13.2 Å². The molecule has 2 aliphatic rings. The molecular weight excluding hydrogens is 452 g/mol. The zero-order valence-corrected chi connectivity index (χ0v) is 20.9. The molecule has 0 spiro atoms. The number of amides is 1. The molecule has 1 N–H and O–H groups in total. The van der Waals surface area contributed by atoms with Gasteiger partial charge in [-0.3, -0.25) is 4.79 Å². The molecule has 0 saturated carbocycles. The Kier molecular flexibility index (Phi) is 7.54. The molecule has 2 aliphatic heterocycles. The van der Waals surface area contributed by atoms with E-state index in [1.165, 1.54) is 4.31 Å². The molecule has 1 amide bonds. The highest BCUT2D eigenvalue weighted by Crippen LogP contribution is 2.24. The van der Waals surface area contributed by atoms with Crippen LogP contribution >= 0.6 is 0 Å².